The molecule has 1 heterocycles. The molecule has 4 heteroatoms. The molecule has 0 saturated heterocycles. The summed E-state index contributed by atoms with van der Waals surface area (Å²) in [4.78, 5) is 11.7. The van der Waals surface area contributed by atoms with Gasteiger partial charge in [-0.2, -0.15) is 0 Å². The molecule has 0 spiro atoms. The molecule has 14 heavy (non-hydrogen) atoms. The molecule has 0 aliphatic heterocycles. The molecule has 1 aromatic heterocycles. The number of benzene rings is 1. The molecule has 3 nitrogen and oxygen atoms in total. The molecule has 1 aromatic carbocycles. The fourth-order valence-corrected chi connectivity index (χ4v) is 2.35. The second-order valence-corrected chi connectivity index (χ2v) is 4.15. The molecule has 2 N–H and O–H groups in total. The Bertz CT molecular complexity index is 538. The van der Waals surface area contributed by atoms with E-state index in [1.54, 1.807) is 3.96 Å². The predicted molar refractivity (Wildman–Crippen MR) is 59.4 cm³/mol. The normalized spacial score (nSPS) is 10.6. The number of nitrogens with two attached hydrogens (primary N) is 1. The number of allylic oxidation sites excluding steroid dienone is 1. The van der Waals surface area contributed by atoms with Gasteiger partial charge in [-0.15, -0.1) is 0 Å². The van der Waals surface area contributed by atoms with Crippen LogP contribution in [0.2, 0.25) is 0 Å². The molecular formula is C10H10N2OS. The van der Waals surface area contributed by atoms with Gasteiger partial charge in [0, 0.05) is 5.70 Å². The van der Waals surface area contributed by atoms with Gasteiger partial charge in [0.25, 0.3) is 5.56 Å². The summed E-state index contributed by atoms with van der Waals surface area (Å²) in [6, 6.07) is 7.53. The van der Waals surface area contributed by atoms with Crippen LogP contribution in [0.5, 0.6) is 0 Å². The largest absolute Gasteiger partial charge is 0.401 e. The second kappa shape index (κ2) is 3.31. The SMILES string of the molecule is C=C(N)Cn1sc2ccccc2c1=O. The molecule has 0 radical (unpaired) electrons. The lowest BCUT2D eigenvalue weighted by molar-refractivity contribution is 0.829. The predicted octanol–water partition coefficient (Wildman–Crippen LogP) is 1.54. The molecule has 2 aromatic rings. The Hall–Kier alpha value is -1.55. The lowest BCUT2D eigenvalue weighted by Gasteiger charge is -1.96. The number of fused-ring (bicyclic) bond motifs is 1. The molecule has 72 valence electrons. The maximum Gasteiger partial charge on any atom is 0.268 e. The van der Waals surface area contributed by atoms with Gasteiger partial charge in [-0.1, -0.05) is 30.2 Å². The summed E-state index contributed by atoms with van der Waals surface area (Å²) < 4.78 is 2.60. The van der Waals surface area contributed by atoms with E-state index in [1.807, 2.05) is 24.3 Å². The number of rotatable bonds is 2. The molecule has 0 bridgehead atoms. The molecule has 0 fully saturated rings. The van der Waals surface area contributed by atoms with Gasteiger partial charge in [-0.05, 0) is 12.1 Å². The van der Waals surface area contributed by atoms with Gasteiger partial charge in [0.1, 0.15) is 0 Å². The van der Waals surface area contributed by atoms with Crippen molar-refractivity contribution in [2.24, 2.45) is 5.73 Å². The monoisotopic (exact) mass is 206 g/mol. The lowest BCUT2D eigenvalue weighted by atomic mass is 10.3. The van der Waals surface area contributed by atoms with E-state index in [1.165, 1.54) is 11.5 Å². The Morgan fingerprint density at radius 1 is 1.50 bits per heavy atom. The maximum atomic E-state index is 11.7. The summed E-state index contributed by atoms with van der Waals surface area (Å²) >= 11 is 1.42. The first-order valence-corrected chi connectivity index (χ1v) is 4.98. The third-order valence-corrected chi connectivity index (χ3v) is 2.97. The van der Waals surface area contributed by atoms with Crippen LogP contribution in [0.3, 0.4) is 0 Å². The Labute approximate surface area is 85.2 Å². The number of aromatic nitrogens is 1. The Morgan fingerprint density at radius 3 is 2.86 bits per heavy atom. The standard InChI is InChI=1S/C10H10N2OS/c1-7(11)6-12-10(13)8-4-2-3-5-9(8)14-12/h2-5H,1,6,11H2. The van der Waals surface area contributed by atoms with Crippen molar-refractivity contribution >= 4 is 21.6 Å². The first kappa shape index (κ1) is 9.02. The highest BCUT2D eigenvalue weighted by atomic mass is 32.1. The highest BCUT2D eigenvalue weighted by molar-refractivity contribution is 7.13. The minimum absolute atomic E-state index is 0.0113. The number of hydrogen-bond donors (Lipinski definition) is 1. The van der Waals surface area contributed by atoms with Crippen LogP contribution >= 0.6 is 11.5 Å². The van der Waals surface area contributed by atoms with Crippen LogP contribution in [0.1, 0.15) is 0 Å². The molecule has 0 saturated carbocycles. The van der Waals surface area contributed by atoms with Gasteiger partial charge in [0.15, 0.2) is 0 Å². The van der Waals surface area contributed by atoms with Crippen molar-refractivity contribution in [1.82, 2.24) is 3.96 Å². The lowest BCUT2D eigenvalue weighted by Crippen LogP contribution is -2.16. The molecular weight excluding hydrogens is 196 g/mol. The topological polar surface area (TPSA) is 48.0 Å². The molecule has 0 amide bonds. The van der Waals surface area contributed by atoms with E-state index in [2.05, 4.69) is 6.58 Å². The van der Waals surface area contributed by atoms with Crippen molar-refractivity contribution in [3.63, 3.8) is 0 Å². The van der Waals surface area contributed by atoms with Crippen LogP contribution in [0.15, 0.2) is 41.3 Å². The molecule has 0 unspecified atom stereocenters. The molecule has 0 atom stereocenters. The van der Waals surface area contributed by atoms with E-state index in [9.17, 15) is 4.79 Å². The summed E-state index contributed by atoms with van der Waals surface area (Å²) in [6.45, 7) is 3.99. The maximum absolute atomic E-state index is 11.7. The summed E-state index contributed by atoms with van der Waals surface area (Å²) in [6.07, 6.45) is 0. The van der Waals surface area contributed by atoms with Crippen LogP contribution in [0.25, 0.3) is 10.1 Å². The quantitative estimate of drug-likeness (QED) is 0.810. The van der Waals surface area contributed by atoms with Gasteiger partial charge >= 0.3 is 0 Å². The van der Waals surface area contributed by atoms with Crippen LogP contribution in [-0.2, 0) is 6.54 Å². The van der Waals surface area contributed by atoms with Crippen molar-refractivity contribution in [1.29, 1.82) is 0 Å². The zero-order valence-electron chi connectivity index (χ0n) is 7.56. The number of nitrogens with zero attached hydrogens (tertiary/aromatic N) is 1. The van der Waals surface area contributed by atoms with Gasteiger partial charge in [-0.3, -0.25) is 8.75 Å². The van der Waals surface area contributed by atoms with E-state index in [4.69, 9.17) is 5.73 Å². The average Bonchev–Trinajstić information content (AvgIpc) is 2.44. The molecule has 2 rings (SSSR count). The zero-order valence-corrected chi connectivity index (χ0v) is 8.38. The zero-order chi connectivity index (χ0) is 10.1. The Balaban J connectivity index is 2.63. The van der Waals surface area contributed by atoms with Gasteiger partial charge < -0.3 is 5.73 Å². The Kier molecular flexibility index (Phi) is 2.13. The summed E-state index contributed by atoms with van der Waals surface area (Å²) in [5.74, 6) is 0. The van der Waals surface area contributed by atoms with E-state index in [0.717, 1.165) is 10.1 Å². The third-order valence-electron chi connectivity index (χ3n) is 1.90. The third kappa shape index (κ3) is 1.44. The van der Waals surface area contributed by atoms with Crippen molar-refractivity contribution in [2.75, 3.05) is 0 Å². The van der Waals surface area contributed by atoms with Crippen molar-refractivity contribution in [3.05, 3.63) is 46.9 Å². The first-order chi connectivity index (χ1) is 6.68. The van der Waals surface area contributed by atoms with E-state index in [0.29, 0.717) is 12.2 Å². The minimum atomic E-state index is 0.0113. The second-order valence-electron chi connectivity index (χ2n) is 3.09. The molecule has 0 aliphatic carbocycles. The Morgan fingerprint density at radius 2 is 2.21 bits per heavy atom. The van der Waals surface area contributed by atoms with Crippen LogP contribution in [0.4, 0.5) is 0 Å². The fourth-order valence-electron chi connectivity index (χ4n) is 1.31. The smallest absolute Gasteiger partial charge is 0.268 e. The average molecular weight is 206 g/mol. The van der Waals surface area contributed by atoms with Gasteiger partial charge in [0.2, 0.25) is 0 Å². The highest BCUT2D eigenvalue weighted by Gasteiger charge is 2.05. The van der Waals surface area contributed by atoms with Crippen LogP contribution in [-0.4, -0.2) is 3.96 Å². The van der Waals surface area contributed by atoms with E-state index in [-0.39, 0.29) is 5.56 Å². The fraction of sp³-hybridized carbons (Fsp3) is 0.100. The minimum Gasteiger partial charge on any atom is -0.401 e. The summed E-state index contributed by atoms with van der Waals surface area (Å²) in [5, 5.41) is 0.749. The number of hydrogen-bond acceptors (Lipinski definition) is 3. The van der Waals surface area contributed by atoms with E-state index >= 15 is 0 Å². The van der Waals surface area contributed by atoms with Crippen molar-refractivity contribution < 1.29 is 0 Å². The summed E-state index contributed by atoms with van der Waals surface area (Å²) in [7, 11) is 0. The van der Waals surface area contributed by atoms with E-state index < -0.39 is 0 Å². The molecule has 0 aliphatic rings. The van der Waals surface area contributed by atoms with Gasteiger partial charge in [-0.25, -0.2) is 0 Å². The van der Waals surface area contributed by atoms with Crippen LogP contribution < -0.4 is 11.3 Å². The van der Waals surface area contributed by atoms with Gasteiger partial charge in [0.05, 0.1) is 16.6 Å². The van der Waals surface area contributed by atoms with Crippen molar-refractivity contribution in [2.45, 2.75) is 6.54 Å². The van der Waals surface area contributed by atoms with Crippen LogP contribution in [0, 0.1) is 0 Å². The highest BCUT2D eigenvalue weighted by Crippen LogP contribution is 2.15. The van der Waals surface area contributed by atoms with Crippen molar-refractivity contribution in [3.8, 4) is 0 Å². The summed E-state index contributed by atoms with van der Waals surface area (Å²) in [5.41, 5.74) is 5.98. The first-order valence-electron chi connectivity index (χ1n) is 4.20.